The fourth-order valence-corrected chi connectivity index (χ4v) is 4.37. The highest BCUT2D eigenvalue weighted by atomic mass is 15.3. The normalized spacial score (nSPS) is 14.9. The Bertz CT molecular complexity index is 1160. The van der Waals surface area contributed by atoms with Crippen molar-refractivity contribution in [2.24, 2.45) is 5.73 Å². The van der Waals surface area contributed by atoms with Gasteiger partial charge in [-0.25, -0.2) is 4.98 Å². The van der Waals surface area contributed by atoms with Crippen LogP contribution in [0.4, 0.5) is 5.69 Å². The van der Waals surface area contributed by atoms with E-state index in [9.17, 15) is 0 Å². The molecular weight excluding hydrogens is 384 g/mol. The number of para-hydroxylation sites is 2. The number of piperidine rings is 1. The molecule has 2 aromatic heterocycles. The number of hydrogen-bond donors (Lipinski definition) is 1. The van der Waals surface area contributed by atoms with Crippen LogP contribution in [0.25, 0.3) is 22.3 Å². The van der Waals surface area contributed by atoms with Gasteiger partial charge in [0.15, 0.2) is 0 Å². The molecule has 1 fully saturated rings. The minimum atomic E-state index is 0.416. The van der Waals surface area contributed by atoms with Crippen LogP contribution < -0.4 is 10.6 Å². The van der Waals surface area contributed by atoms with Gasteiger partial charge in [0.1, 0.15) is 0 Å². The van der Waals surface area contributed by atoms with Crippen molar-refractivity contribution >= 4 is 16.7 Å². The number of aryl methyl sites for hydroxylation is 1. The molecule has 6 heteroatoms. The molecule has 1 aliphatic heterocycles. The van der Waals surface area contributed by atoms with Crippen molar-refractivity contribution in [3.63, 3.8) is 0 Å². The first-order chi connectivity index (χ1) is 15.3. The van der Waals surface area contributed by atoms with E-state index in [-0.39, 0.29) is 0 Å². The zero-order valence-electron chi connectivity index (χ0n) is 17.7. The van der Waals surface area contributed by atoms with Crippen LogP contribution in [0.15, 0.2) is 67.1 Å². The Morgan fingerprint density at radius 2 is 1.81 bits per heavy atom. The molecule has 31 heavy (non-hydrogen) atoms. The van der Waals surface area contributed by atoms with Crippen LogP contribution >= 0.6 is 0 Å². The number of hydrogen-bond acceptors (Lipinski definition) is 5. The molecule has 0 amide bonds. The summed E-state index contributed by atoms with van der Waals surface area (Å²) < 4.78 is 2.11. The van der Waals surface area contributed by atoms with Gasteiger partial charge >= 0.3 is 0 Å². The molecule has 158 valence electrons. The van der Waals surface area contributed by atoms with E-state index in [1.165, 1.54) is 11.3 Å². The van der Waals surface area contributed by atoms with Gasteiger partial charge in [-0.15, -0.1) is 0 Å². The first-order valence-corrected chi connectivity index (χ1v) is 11.1. The zero-order valence-corrected chi connectivity index (χ0v) is 17.7. The fourth-order valence-electron chi connectivity index (χ4n) is 4.37. The number of nitrogens with two attached hydrogens (primary N) is 1. The van der Waals surface area contributed by atoms with Gasteiger partial charge in [0.2, 0.25) is 0 Å². The summed E-state index contributed by atoms with van der Waals surface area (Å²) >= 11 is 0. The third-order valence-electron chi connectivity index (χ3n) is 6.13. The van der Waals surface area contributed by atoms with Crippen molar-refractivity contribution in [3.05, 3.63) is 72.7 Å². The topological polar surface area (TPSA) is 72.9 Å². The van der Waals surface area contributed by atoms with Crippen molar-refractivity contribution < 1.29 is 0 Å². The van der Waals surface area contributed by atoms with E-state index >= 15 is 0 Å². The van der Waals surface area contributed by atoms with Crippen LogP contribution in [0.2, 0.25) is 0 Å². The Morgan fingerprint density at radius 3 is 2.65 bits per heavy atom. The van der Waals surface area contributed by atoms with Crippen LogP contribution in [-0.2, 0) is 6.42 Å². The van der Waals surface area contributed by atoms with Gasteiger partial charge in [-0.2, -0.15) is 5.10 Å². The second-order valence-electron chi connectivity index (χ2n) is 8.23. The quantitative estimate of drug-likeness (QED) is 0.513. The van der Waals surface area contributed by atoms with Crippen molar-refractivity contribution in [2.75, 3.05) is 24.5 Å². The van der Waals surface area contributed by atoms with Crippen molar-refractivity contribution in [2.45, 2.75) is 31.7 Å². The predicted octanol–water partition coefficient (Wildman–Crippen LogP) is 4.23. The molecule has 2 N–H and O–H groups in total. The Kier molecular flexibility index (Phi) is 5.63. The minimum absolute atomic E-state index is 0.416. The highest BCUT2D eigenvalue weighted by Gasteiger charge is 2.22. The van der Waals surface area contributed by atoms with Gasteiger partial charge in [0.05, 0.1) is 35.2 Å². The summed E-state index contributed by atoms with van der Waals surface area (Å²) in [5.41, 5.74) is 12.1. The minimum Gasteiger partial charge on any atom is -0.371 e. The predicted molar refractivity (Wildman–Crippen MR) is 125 cm³/mol. The average Bonchev–Trinajstić information content (AvgIpc) is 3.33. The van der Waals surface area contributed by atoms with E-state index in [2.05, 4.69) is 50.1 Å². The maximum atomic E-state index is 5.67. The van der Waals surface area contributed by atoms with Gasteiger partial charge in [0.25, 0.3) is 0 Å². The number of nitrogens with zero attached hydrogens (tertiary/aromatic N) is 5. The number of benzene rings is 2. The second-order valence-corrected chi connectivity index (χ2v) is 8.23. The van der Waals surface area contributed by atoms with Gasteiger partial charge in [-0.05, 0) is 62.1 Å². The molecule has 0 saturated carbocycles. The van der Waals surface area contributed by atoms with Gasteiger partial charge in [-0.3, -0.25) is 9.67 Å². The van der Waals surface area contributed by atoms with E-state index in [0.717, 1.165) is 67.6 Å². The lowest BCUT2D eigenvalue weighted by molar-refractivity contribution is 0.367. The van der Waals surface area contributed by atoms with E-state index in [1.54, 1.807) is 0 Å². The molecule has 6 nitrogen and oxygen atoms in total. The lowest BCUT2D eigenvalue weighted by Gasteiger charge is -2.34. The first-order valence-electron chi connectivity index (χ1n) is 11.1. The number of anilines is 1. The van der Waals surface area contributed by atoms with Crippen LogP contribution in [0, 0.1) is 0 Å². The average molecular weight is 413 g/mol. The standard InChI is InChI=1S/C25H28N6/c26-12-4-6-19-5-3-7-22(15-19)30-13-10-21(11-14-30)31-18-20(16-28-31)25-17-27-23-8-1-2-9-24(23)29-25/h1-3,5,7-9,15-18,21H,4,6,10-14,26H2. The van der Waals surface area contributed by atoms with Gasteiger partial charge in [0, 0.05) is 30.5 Å². The summed E-state index contributed by atoms with van der Waals surface area (Å²) in [4.78, 5) is 11.8. The molecule has 0 unspecified atom stereocenters. The maximum Gasteiger partial charge on any atom is 0.0924 e. The van der Waals surface area contributed by atoms with Crippen molar-refractivity contribution in [3.8, 4) is 11.3 Å². The summed E-state index contributed by atoms with van der Waals surface area (Å²) in [5.74, 6) is 0. The Hall–Kier alpha value is -3.25. The van der Waals surface area contributed by atoms with E-state index in [4.69, 9.17) is 10.7 Å². The smallest absolute Gasteiger partial charge is 0.0924 e. The van der Waals surface area contributed by atoms with Crippen molar-refractivity contribution in [1.29, 1.82) is 0 Å². The van der Waals surface area contributed by atoms with E-state index < -0.39 is 0 Å². The van der Waals surface area contributed by atoms with E-state index in [1.807, 2.05) is 36.7 Å². The molecule has 0 radical (unpaired) electrons. The monoisotopic (exact) mass is 412 g/mol. The molecular formula is C25H28N6. The summed E-state index contributed by atoms with van der Waals surface area (Å²) in [6, 6.07) is 17.3. The molecule has 2 aromatic carbocycles. The SMILES string of the molecule is NCCCc1cccc(N2CCC(n3cc(-c4cnc5ccccc5n4)cn3)CC2)c1. The van der Waals surface area contributed by atoms with Crippen LogP contribution in [0.5, 0.6) is 0 Å². The van der Waals surface area contributed by atoms with Gasteiger partial charge < -0.3 is 10.6 Å². The maximum absolute atomic E-state index is 5.67. The third kappa shape index (κ3) is 4.30. The Labute approximate surface area is 182 Å². The number of aromatic nitrogens is 4. The Balaban J connectivity index is 1.25. The molecule has 3 heterocycles. The molecule has 0 aliphatic carbocycles. The highest BCUT2D eigenvalue weighted by Crippen LogP contribution is 2.28. The Morgan fingerprint density at radius 1 is 0.968 bits per heavy atom. The zero-order chi connectivity index (χ0) is 21.0. The van der Waals surface area contributed by atoms with Crippen molar-refractivity contribution in [1.82, 2.24) is 19.7 Å². The van der Waals surface area contributed by atoms with Gasteiger partial charge in [-0.1, -0.05) is 24.3 Å². The lowest BCUT2D eigenvalue weighted by atomic mass is 10.0. The number of fused-ring (bicyclic) bond motifs is 1. The van der Waals surface area contributed by atoms with E-state index in [0.29, 0.717) is 6.04 Å². The van der Waals surface area contributed by atoms with Crippen LogP contribution in [0.1, 0.15) is 30.9 Å². The summed E-state index contributed by atoms with van der Waals surface area (Å²) in [6.07, 6.45) is 10.1. The number of rotatable bonds is 6. The molecule has 0 bridgehead atoms. The fraction of sp³-hybridized carbons (Fsp3) is 0.320. The molecule has 0 atom stereocenters. The second kappa shape index (κ2) is 8.86. The largest absolute Gasteiger partial charge is 0.371 e. The molecule has 1 aliphatic rings. The molecule has 5 rings (SSSR count). The lowest BCUT2D eigenvalue weighted by Crippen LogP contribution is -2.34. The van der Waals surface area contributed by atoms with Crippen LogP contribution in [-0.4, -0.2) is 39.4 Å². The summed E-state index contributed by atoms with van der Waals surface area (Å²) in [6.45, 7) is 2.82. The van der Waals surface area contributed by atoms with Crippen LogP contribution in [0.3, 0.4) is 0 Å². The summed E-state index contributed by atoms with van der Waals surface area (Å²) in [7, 11) is 0. The molecule has 4 aromatic rings. The first kappa shape index (κ1) is 19.7. The third-order valence-corrected chi connectivity index (χ3v) is 6.13. The molecule has 1 saturated heterocycles. The summed E-state index contributed by atoms with van der Waals surface area (Å²) in [5, 5.41) is 4.66. The molecule has 0 spiro atoms. The highest BCUT2D eigenvalue weighted by molar-refractivity contribution is 5.76.